The zero-order valence-electron chi connectivity index (χ0n) is 26.0. The van der Waals surface area contributed by atoms with Crippen molar-refractivity contribution in [3.63, 3.8) is 0 Å². The lowest BCUT2D eigenvalue weighted by molar-refractivity contribution is -0.589. The standard InChI is InChI=1S/C33H30BrF3N5O4S.H2O/c1-4-15-46-26-16-21(33(35,36)37)13-14-24(26)31-30-25(17-22(34)18-27(30)45-3)42-29(19-38-31)41(5-2)39-32(42)40-47(43,44)28-12-8-10-20-9-6-7-11-23(20)28;/h6-14,16-18H,4-5,15,19H2,1-3H3,(H,39,40);1H2/q+1;/p-1. The molecule has 0 spiro atoms. The molecular formula is C33H31BrF3N5O5S. The molecule has 0 bridgehead atoms. The van der Waals surface area contributed by atoms with E-state index in [1.807, 2.05) is 32.0 Å². The highest BCUT2D eigenvalue weighted by Crippen LogP contribution is 2.38. The molecular weight excluding hydrogens is 715 g/mol. The average Bonchev–Trinajstić information content (AvgIpc) is 3.29. The molecule has 15 heteroatoms. The van der Waals surface area contributed by atoms with E-state index in [4.69, 9.17) is 14.5 Å². The number of hydrogen-bond donors (Lipinski definition) is 1. The Balaban J connectivity index is 0.00000451. The predicted molar refractivity (Wildman–Crippen MR) is 177 cm³/mol. The SMILES string of the molecule is CCCOc1cc(C(F)(F)F)ccc1C1=NCc2n(CC)nc(NS(=O)(=O)c3cccc4ccccc34)[n+]2-c2cc(Br)cc(OC)c21.[OH-]. The van der Waals surface area contributed by atoms with E-state index in [0.717, 1.165) is 17.5 Å². The maximum absolute atomic E-state index is 14.0. The summed E-state index contributed by atoms with van der Waals surface area (Å²) in [6.45, 7) is 4.29. The maximum Gasteiger partial charge on any atom is 0.416 e. The lowest BCUT2D eigenvalue weighted by Crippen LogP contribution is -2.39. The minimum atomic E-state index is -4.58. The number of sulfonamides is 1. The lowest BCUT2D eigenvalue weighted by Gasteiger charge is -2.18. The van der Waals surface area contributed by atoms with E-state index in [9.17, 15) is 21.6 Å². The number of hydrogen-bond acceptors (Lipinski definition) is 7. The Bertz CT molecular complexity index is 2150. The van der Waals surface area contributed by atoms with Gasteiger partial charge in [-0.1, -0.05) is 59.3 Å². The lowest BCUT2D eigenvalue weighted by atomic mass is 9.97. The van der Waals surface area contributed by atoms with Gasteiger partial charge in [0.25, 0.3) is 10.0 Å². The normalized spacial score (nSPS) is 12.8. The van der Waals surface area contributed by atoms with Gasteiger partial charge in [0.1, 0.15) is 28.6 Å². The molecule has 0 aliphatic carbocycles. The van der Waals surface area contributed by atoms with Crippen LogP contribution in [0.1, 0.15) is 42.8 Å². The minimum absolute atomic E-state index is 0. The predicted octanol–water partition coefficient (Wildman–Crippen LogP) is 6.89. The second-order valence-electron chi connectivity index (χ2n) is 10.7. The topological polar surface area (TPSA) is 129 Å². The van der Waals surface area contributed by atoms with Crippen molar-refractivity contribution in [2.24, 2.45) is 4.99 Å². The van der Waals surface area contributed by atoms with E-state index in [1.165, 1.54) is 19.2 Å². The number of ether oxygens (including phenoxy) is 2. The summed E-state index contributed by atoms with van der Waals surface area (Å²) in [5.41, 5.74) is 0.654. The smallest absolute Gasteiger partial charge is 0.416 e. The summed E-state index contributed by atoms with van der Waals surface area (Å²) in [5, 5.41) is 5.94. The van der Waals surface area contributed by atoms with Crippen molar-refractivity contribution >= 4 is 48.4 Å². The first-order chi connectivity index (χ1) is 22.5. The number of aryl methyl sites for hydroxylation is 1. The summed E-state index contributed by atoms with van der Waals surface area (Å²) in [6.07, 6.45) is -4.01. The van der Waals surface area contributed by atoms with Gasteiger partial charge in [0.05, 0.1) is 37.1 Å². The summed E-state index contributed by atoms with van der Waals surface area (Å²) in [4.78, 5) is 4.97. The van der Waals surface area contributed by atoms with Gasteiger partial charge in [-0.2, -0.15) is 30.9 Å². The van der Waals surface area contributed by atoms with Crippen LogP contribution in [0.15, 0.2) is 87.2 Å². The molecule has 0 amide bonds. The molecule has 48 heavy (non-hydrogen) atoms. The largest absolute Gasteiger partial charge is 0.870 e. The van der Waals surface area contributed by atoms with Crippen LogP contribution in [0.2, 0.25) is 0 Å². The molecule has 5 aromatic rings. The number of nitrogens with one attached hydrogen (secondary N) is 1. The third-order valence-corrected chi connectivity index (χ3v) is 9.54. The molecule has 4 aromatic carbocycles. The highest BCUT2D eigenvalue weighted by atomic mass is 79.9. The summed E-state index contributed by atoms with van der Waals surface area (Å²) in [5.74, 6) is 0.896. The van der Waals surface area contributed by atoms with Gasteiger partial charge < -0.3 is 14.9 Å². The molecule has 0 radical (unpaired) electrons. The fraction of sp³-hybridized carbons (Fsp3) is 0.242. The number of aromatic nitrogens is 3. The van der Waals surface area contributed by atoms with Crippen molar-refractivity contribution in [1.82, 2.24) is 9.78 Å². The molecule has 10 nitrogen and oxygen atoms in total. The number of halogens is 4. The summed E-state index contributed by atoms with van der Waals surface area (Å²) in [6, 6.07) is 19.0. The number of rotatable bonds is 9. The second-order valence-corrected chi connectivity index (χ2v) is 13.3. The van der Waals surface area contributed by atoms with Crippen LogP contribution in [0.4, 0.5) is 19.1 Å². The maximum atomic E-state index is 14.0. The van der Waals surface area contributed by atoms with Crippen LogP contribution < -0.4 is 18.8 Å². The molecule has 2 N–H and O–H groups in total. The number of anilines is 1. The van der Waals surface area contributed by atoms with Crippen molar-refractivity contribution in [2.45, 2.75) is 44.4 Å². The van der Waals surface area contributed by atoms with E-state index >= 15 is 0 Å². The first kappa shape index (κ1) is 34.9. The van der Waals surface area contributed by atoms with Gasteiger partial charge in [-0.25, -0.2) is 0 Å². The zero-order valence-corrected chi connectivity index (χ0v) is 28.4. The third kappa shape index (κ3) is 6.36. The van der Waals surface area contributed by atoms with Gasteiger partial charge in [0.2, 0.25) is 5.82 Å². The van der Waals surface area contributed by atoms with Crippen molar-refractivity contribution in [2.75, 3.05) is 18.4 Å². The second kappa shape index (κ2) is 13.6. The van der Waals surface area contributed by atoms with Gasteiger partial charge in [0, 0.05) is 20.5 Å². The Morgan fingerprint density at radius 2 is 1.77 bits per heavy atom. The Labute approximate surface area is 283 Å². The molecule has 0 saturated heterocycles. The number of methoxy groups -OCH3 is 1. The Kier molecular flexibility index (Phi) is 9.85. The van der Waals surface area contributed by atoms with Crippen LogP contribution in [-0.2, 0) is 29.3 Å². The third-order valence-electron chi connectivity index (χ3n) is 7.70. The summed E-state index contributed by atoms with van der Waals surface area (Å²) >= 11 is 3.54. The molecule has 2 heterocycles. The molecule has 1 aliphatic rings. The van der Waals surface area contributed by atoms with Crippen molar-refractivity contribution in [3.8, 4) is 17.2 Å². The molecule has 6 rings (SSSR count). The van der Waals surface area contributed by atoms with Gasteiger partial charge in [-0.05, 0) is 55.1 Å². The molecule has 0 saturated carbocycles. The summed E-state index contributed by atoms with van der Waals surface area (Å²) < 4.78 is 87.5. The van der Waals surface area contributed by atoms with Crippen LogP contribution in [0, 0.1) is 0 Å². The first-order valence-corrected chi connectivity index (χ1v) is 17.0. The van der Waals surface area contributed by atoms with Crippen molar-refractivity contribution in [3.05, 3.63) is 99.8 Å². The van der Waals surface area contributed by atoms with Crippen molar-refractivity contribution < 1.29 is 41.1 Å². The van der Waals surface area contributed by atoms with Crippen LogP contribution >= 0.6 is 15.9 Å². The van der Waals surface area contributed by atoms with E-state index in [0.29, 0.717) is 56.9 Å². The minimum Gasteiger partial charge on any atom is -0.870 e. The molecule has 0 atom stereocenters. The zero-order chi connectivity index (χ0) is 33.5. The Morgan fingerprint density at radius 1 is 1.02 bits per heavy atom. The fourth-order valence-corrected chi connectivity index (χ4v) is 7.24. The Hall–Kier alpha value is -4.47. The van der Waals surface area contributed by atoms with E-state index in [-0.39, 0.29) is 35.2 Å². The number of fused-ring (bicyclic) bond motifs is 4. The number of alkyl halides is 3. The summed E-state index contributed by atoms with van der Waals surface area (Å²) in [7, 11) is -2.69. The molecule has 252 valence electrons. The van der Waals surface area contributed by atoms with E-state index in [2.05, 4.69) is 25.8 Å². The van der Waals surface area contributed by atoms with Crippen LogP contribution in [0.3, 0.4) is 0 Å². The van der Waals surface area contributed by atoms with Crippen LogP contribution in [0.25, 0.3) is 16.5 Å². The van der Waals surface area contributed by atoms with Gasteiger partial charge in [-0.15, -0.1) is 4.68 Å². The monoisotopic (exact) mass is 745 g/mol. The average molecular weight is 747 g/mol. The van der Waals surface area contributed by atoms with Crippen molar-refractivity contribution in [1.29, 1.82) is 0 Å². The van der Waals surface area contributed by atoms with Crippen LogP contribution in [0.5, 0.6) is 11.5 Å². The van der Waals surface area contributed by atoms with Crippen LogP contribution in [-0.4, -0.2) is 43.1 Å². The van der Waals surface area contributed by atoms with E-state index < -0.39 is 21.8 Å². The fourth-order valence-electron chi connectivity index (χ4n) is 5.60. The molecule has 1 aromatic heterocycles. The van der Waals surface area contributed by atoms with Gasteiger partial charge in [0.15, 0.2) is 0 Å². The highest BCUT2D eigenvalue weighted by Gasteiger charge is 2.37. The van der Waals surface area contributed by atoms with Gasteiger partial charge >= 0.3 is 12.1 Å². The first-order valence-electron chi connectivity index (χ1n) is 14.8. The number of nitrogens with zero attached hydrogens (tertiary/aromatic N) is 4. The van der Waals surface area contributed by atoms with E-state index in [1.54, 1.807) is 39.6 Å². The van der Waals surface area contributed by atoms with Gasteiger partial charge in [-0.3, -0.25) is 4.99 Å². The molecule has 0 unspecified atom stereocenters. The number of aliphatic imine (C=N–C) groups is 1. The quantitative estimate of drug-likeness (QED) is 0.164. The molecule has 1 aliphatic heterocycles. The molecule has 0 fully saturated rings. The number of benzene rings is 4. The highest BCUT2D eigenvalue weighted by molar-refractivity contribution is 9.10. The Morgan fingerprint density at radius 3 is 2.48 bits per heavy atom.